The number of nitrogens with one attached hydrogen (secondary N) is 3. The summed E-state index contributed by atoms with van der Waals surface area (Å²) in [5, 5.41) is 24.9. The smallest absolute Gasteiger partial charge is 0.326 e. The van der Waals surface area contributed by atoms with Crippen molar-refractivity contribution in [3.63, 3.8) is 0 Å². The highest BCUT2D eigenvalue weighted by Crippen LogP contribution is 2.03. The molecule has 0 saturated heterocycles. The molecule has 0 saturated carbocycles. The lowest BCUT2D eigenvalue weighted by molar-refractivity contribution is -0.142. The number of carboxylic acid groups (broad SMARTS) is 1. The van der Waals surface area contributed by atoms with Crippen LogP contribution < -0.4 is 33.2 Å². The average molecular weight is 451 g/mol. The van der Waals surface area contributed by atoms with E-state index in [0.29, 0.717) is 19.4 Å². The molecule has 11 N–H and O–H groups in total. The molecule has 0 radical (unpaired) electrons. The highest BCUT2D eigenvalue weighted by atomic mass is 32.1. The Morgan fingerprint density at radius 3 is 1.90 bits per heavy atom. The molecule has 0 aromatic heterocycles. The molecule has 4 amide bonds. The van der Waals surface area contributed by atoms with E-state index in [1.165, 1.54) is 0 Å². The zero-order valence-electron chi connectivity index (χ0n) is 16.4. The topological polar surface area (TPSA) is 240 Å². The Labute approximate surface area is 178 Å². The predicted molar refractivity (Wildman–Crippen MR) is 109 cm³/mol. The van der Waals surface area contributed by atoms with Crippen molar-refractivity contribution in [3.8, 4) is 0 Å². The van der Waals surface area contributed by atoms with Gasteiger partial charge in [0.25, 0.3) is 0 Å². The van der Waals surface area contributed by atoms with Gasteiger partial charge in [-0.1, -0.05) is 0 Å². The molecule has 4 atom stereocenters. The summed E-state index contributed by atoms with van der Waals surface area (Å²) in [6.45, 7) is -0.318. The number of aliphatic hydroxyl groups excluding tert-OH is 1. The Morgan fingerprint density at radius 2 is 1.43 bits per heavy atom. The summed E-state index contributed by atoms with van der Waals surface area (Å²) in [4.78, 5) is 59.2. The molecule has 0 heterocycles. The van der Waals surface area contributed by atoms with Crippen molar-refractivity contribution in [2.24, 2.45) is 17.2 Å². The summed E-state index contributed by atoms with van der Waals surface area (Å²) in [6.07, 6.45) is 0.610. The Balaban J connectivity index is 5.14. The second-order valence-corrected chi connectivity index (χ2v) is 6.81. The summed E-state index contributed by atoms with van der Waals surface area (Å²) in [7, 11) is 0. The van der Waals surface area contributed by atoms with Crippen LogP contribution in [0.5, 0.6) is 0 Å². The molecular weight excluding hydrogens is 420 g/mol. The van der Waals surface area contributed by atoms with Gasteiger partial charge in [-0.25, -0.2) is 4.79 Å². The molecule has 13 nitrogen and oxygen atoms in total. The highest BCUT2D eigenvalue weighted by Gasteiger charge is 2.30. The first-order valence-corrected chi connectivity index (χ1v) is 9.80. The maximum absolute atomic E-state index is 12.4. The zero-order chi connectivity index (χ0) is 23.3. The molecule has 30 heavy (non-hydrogen) atoms. The highest BCUT2D eigenvalue weighted by molar-refractivity contribution is 7.80. The fourth-order valence-electron chi connectivity index (χ4n) is 2.26. The molecule has 0 aliphatic heterocycles. The van der Waals surface area contributed by atoms with E-state index in [9.17, 15) is 29.1 Å². The van der Waals surface area contributed by atoms with Crippen LogP contribution in [-0.4, -0.2) is 82.9 Å². The number of amides is 4. The molecule has 0 aliphatic rings. The van der Waals surface area contributed by atoms with Crippen LogP contribution in [0.4, 0.5) is 0 Å². The van der Waals surface area contributed by atoms with Gasteiger partial charge in [-0.3, -0.25) is 19.2 Å². The normalized spacial score (nSPS) is 14.7. The van der Waals surface area contributed by atoms with Crippen LogP contribution in [-0.2, 0) is 24.0 Å². The Bertz CT molecular complexity index is 621. The van der Waals surface area contributed by atoms with Crippen molar-refractivity contribution in [1.82, 2.24) is 16.0 Å². The first kappa shape index (κ1) is 27.6. The lowest BCUT2D eigenvalue weighted by Crippen LogP contribution is -2.58. The molecule has 4 unspecified atom stereocenters. The summed E-state index contributed by atoms with van der Waals surface area (Å²) >= 11 is 3.97. The van der Waals surface area contributed by atoms with Crippen LogP contribution in [0.1, 0.15) is 25.7 Å². The van der Waals surface area contributed by atoms with Crippen molar-refractivity contribution in [2.75, 3.05) is 18.9 Å². The number of nitrogens with two attached hydrogens (primary N) is 3. The van der Waals surface area contributed by atoms with Gasteiger partial charge in [-0.15, -0.1) is 0 Å². The predicted octanol–water partition coefficient (Wildman–Crippen LogP) is -4.22. The first-order valence-electron chi connectivity index (χ1n) is 9.16. The molecular formula is C16H30N6O7S. The minimum Gasteiger partial charge on any atom is -0.480 e. The van der Waals surface area contributed by atoms with Gasteiger partial charge in [0.1, 0.15) is 24.2 Å². The number of carbonyl (C=O) groups excluding carboxylic acids is 4. The van der Waals surface area contributed by atoms with Gasteiger partial charge in [0.05, 0.1) is 13.0 Å². The lowest BCUT2D eigenvalue weighted by Gasteiger charge is -2.23. The van der Waals surface area contributed by atoms with E-state index < -0.39 is 66.8 Å². The van der Waals surface area contributed by atoms with E-state index in [0.717, 1.165) is 0 Å². The second-order valence-electron chi connectivity index (χ2n) is 6.45. The maximum Gasteiger partial charge on any atom is 0.326 e. The Kier molecular flexibility index (Phi) is 13.4. The van der Waals surface area contributed by atoms with Crippen molar-refractivity contribution < 1.29 is 34.2 Å². The number of thiol groups is 1. The number of aliphatic carboxylic acids is 1. The SMILES string of the molecule is NCCCCC(NC(=O)C(CS)NC(=O)C(CC(N)=O)NC(=O)C(N)CO)C(=O)O. The van der Waals surface area contributed by atoms with Crippen LogP contribution >= 0.6 is 12.6 Å². The van der Waals surface area contributed by atoms with Gasteiger partial charge < -0.3 is 43.4 Å². The quantitative estimate of drug-likeness (QED) is 0.0866. The van der Waals surface area contributed by atoms with Crippen LogP contribution in [0, 0.1) is 0 Å². The van der Waals surface area contributed by atoms with Gasteiger partial charge in [-0.2, -0.15) is 12.6 Å². The average Bonchev–Trinajstić information content (AvgIpc) is 2.69. The lowest BCUT2D eigenvalue weighted by atomic mass is 10.1. The summed E-state index contributed by atoms with van der Waals surface area (Å²) < 4.78 is 0. The van der Waals surface area contributed by atoms with Crippen LogP contribution in [0.15, 0.2) is 0 Å². The third-order valence-electron chi connectivity index (χ3n) is 3.95. The van der Waals surface area contributed by atoms with Gasteiger partial charge in [0, 0.05) is 5.75 Å². The molecule has 0 aromatic rings. The molecule has 0 rings (SSSR count). The van der Waals surface area contributed by atoms with E-state index >= 15 is 0 Å². The Hall–Kier alpha value is -2.42. The monoisotopic (exact) mass is 450 g/mol. The number of hydrogen-bond acceptors (Lipinski definition) is 9. The molecule has 0 bridgehead atoms. The largest absolute Gasteiger partial charge is 0.480 e. The number of aliphatic hydroxyl groups is 1. The third-order valence-corrected chi connectivity index (χ3v) is 4.31. The van der Waals surface area contributed by atoms with Gasteiger partial charge in [-0.05, 0) is 25.8 Å². The number of carbonyl (C=O) groups is 5. The molecule has 0 fully saturated rings. The van der Waals surface area contributed by atoms with E-state index in [1.54, 1.807) is 0 Å². The minimum atomic E-state index is -1.46. The van der Waals surface area contributed by atoms with Gasteiger partial charge >= 0.3 is 5.97 Å². The molecule has 14 heteroatoms. The van der Waals surface area contributed by atoms with E-state index in [4.69, 9.17) is 22.3 Å². The van der Waals surface area contributed by atoms with Gasteiger partial charge in [0.15, 0.2) is 0 Å². The number of unbranched alkanes of at least 4 members (excludes halogenated alkanes) is 1. The molecule has 0 spiro atoms. The molecule has 172 valence electrons. The van der Waals surface area contributed by atoms with E-state index in [-0.39, 0.29) is 12.2 Å². The maximum atomic E-state index is 12.4. The van der Waals surface area contributed by atoms with Crippen molar-refractivity contribution in [1.29, 1.82) is 0 Å². The Morgan fingerprint density at radius 1 is 0.900 bits per heavy atom. The van der Waals surface area contributed by atoms with Gasteiger partial charge in [0.2, 0.25) is 23.6 Å². The van der Waals surface area contributed by atoms with Crippen molar-refractivity contribution in [2.45, 2.75) is 49.9 Å². The first-order chi connectivity index (χ1) is 14.1. The second kappa shape index (κ2) is 14.5. The molecule has 0 aromatic carbocycles. The van der Waals surface area contributed by atoms with Crippen LogP contribution in [0.2, 0.25) is 0 Å². The number of primary amides is 1. The minimum absolute atomic E-state index is 0.144. The van der Waals surface area contributed by atoms with E-state index in [2.05, 4.69) is 28.6 Å². The fourth-order valence-corrected chi connectivity index (χ4v) is 2.52. The third kappa shape index (κ3) is 10.4. The summed E-state index contributed by atoms with van der Waals surface area (Å²) in [5.74, 6) is -5.00. The van der Waals surface area contributed by atoms with Crippen LogP contribution in [0.3, 0.4) is 0 Å². The zero-order valence-corrected chi connectivity index (χ0v) is 17.3. The number of rotatable bonds is 15. The van der Waals surface area contributed by atoms with Crippen molar-refractivity contribution >= 4 is 42.2 Å². The molecule has 0 aliphatic carbocycles. The standard InChI is InChI=1S/C16H30N6O7S/c17-4-2-1-3-9(16(28)29)20-15(27)11(7-30)22-14(26)10(5-12(19)24)21-13(25)8(18)6-23/h8-11,23,30H,1-7,17-18H2,(H2,19,24)(H,20,27)(H,21,25)(H,22,26)(H,28,29). The summed E-state index contributed by atoms with van der Waals surface area (Å²) in [5.41, 5.74) is 15.8. The number of carboxylic acids is 1. The fraction of sp³-hybridized carbons (Fsp3) is 0.688. The summed E-state index contributed by atoms with van der Waals surface area (Å²) in [6, 6.07) is -5.23. The number of hydrogen-bond donors (Lipinski definition) is 9. The van der Waals surface area contributed by atoms with Crippen molar-refractivity contribution in [3.05, 3.63) is 0 Å². The van der Waals surface area contributed by atoms with E-state index in [1.807, 2.05) is 0 Å². The van der Waals surface area contributed by atoms with Crippen LogP contribution in [0.25, 0.3) is 0 Å².